The first-order valence-electron chi connectivity index (χ1n) is 7.70. The lowest BCUT2D eigenvalue weighted by molar-refractivity contribution is 0.142. The van der Waals surface area contributed by atoms with Gasteiger partial charge in [0.1, 0.15) is 6.10 Å². The molecule has 120 valence electrons. The number of nitrogens with one attached hydrogen (secondary N) is 1. The molecule has 0 bridgehead atoms. The predicted molar refractivity (Wildman–Crippen MR) is 86.6 cm³/mol. The molecule has 0 spiro atoms. The van der Waals surface area contributed by atoms with Gasteiger partial charge in [-0.15, -0.1) is 0 Å². The molecular formula is C17H20N4O2. The van der Waals surface area contributed by atoms with Crippen LogP contribution in [0.3, 0.4) is 0 Å². The molecule has 1 aliphatic carbocycles. The number of anilines is 1. The van der Waals surface area contributed by atoms with E-state index in [1.165, 1.54) is 6.20 Å². The second kappa shape index (κ2) is 5.84. The largest absolute Gasteiger partial charge is 0.442 e. The number of cyclic esters (lactones) is 1. The van der Waals surface area contributed by atoms with Crippen molar-refractivity contribution in [3.05, 3.63) is 41.7 Å². The summed E-state index contributed by atoms with van der Waals surface area (Å²) in [7, 11) is 0. The molecule has 1 saturated carbocycles. The highest BCUT2D eigenvalue weighted by Crippen LogP contribution is 2.49. The van der Waals surface area contributed by atoms with E-state index in [-0.39, 0.29) is 17.6 Å². The van der Waals surface area contributed by atoms with Crippen LogP contribution in [-0.2, 0) is 10.2 Å². The zero-order valence-electron chi connectivity index (χ0n) is 13.1. The number of carbonyl (C=O) groups is 1. The zero-order chi connectivity index (χ0) is 16.4. The number of aryl methyl sites for hydroxylation is 1. The molecule has 2 aliphatic rings. The fraction of sp³-hybridized carbons (Fsp3) is 0.412. The number of nitrogens with two attached hydrogens (primary N) is 1. The lowest BCUT2D eigenvalue weighted by Gasteiger charge is -2.17. The van der Waals surface area contributed by atoms with Crippen LogP contribution in [0.25, 0.3) is 0 Å². The van der Waals surface area contributed by atoms with Crippen LogP contribution < -0.4 is 16.0 Å². The number of nitrogens with zero attached hydrogens (tertiary/aromatic N) is 2. The SMILES string of the molecule is Cc1cc(N2CC(CN/C=C\N)OC2=O)ccc1C1(C#N)CC1. The predicted octanol–water partition coefficient (Wildman–Crippen LogP) is 1.89. The van der Waals surface area contributed by atoms with Crippen molar-refractivity contribution in [3.8, 4) is 6.07 Å². The first-order valence-corrected chi connectivity index (χ1v) is 7.70. The lowest BCUT2D eigenvalue weighted by Crippen LogP contribution is -2.29. The van der Waals surface area contributed by atoms with E-state index in [1.807, 2.05) is 25.1 Å². The summed E-state index contributed by atoms with van der Waals surface area (Å²) >= 11 is 0. The van der Waals surface area contributed by atoms with Gasteiger partial charge in [-0.3, -0.25) is 4.90 Å². The van der Waals surface area contributed by atoms with E-state index >= 15 is 0 Å². The first-order chi connectivity index (χ1) is 11.1. The molecule has 1 aromatic carbocycles. The van der Waals surface area contributed by atoms with E-state index in [1.54, 1.807) is 11.1 Å². The van der Waals surface area contributed by atoms with Gasteiger partial charge in [0.15, 0.2) is 0 Å². The van der Waals surface area contributed by atoms with Crippen LogP contribution in [0.5, 0.6) is 0 Å². The number of benzene rings is 1. The number of carbonyl (C=O) groups excluding carboxylic acids is 1. The van der Waals surface area contributed by atoms with Crippen molar-refractivity contribution in [2.75, 3.05) is 18.0 Å². The van der Waals surface area contributed by atoms with Gasteiger partial charge in [-0.1, -0.05) is 6.07 Å². The Labute approximate surface area is 135 Å². The summed E-state index contributed by atoms with van der Waals surface area (Å²) in [4.78, 5) is 13.7. The molecule has 1 amide bonds. The Balaban J connectivity index is 1.74. The fourth-order valence-corrected chi connectivity index (χ4v) is 3.03. The molecule has 1 atom stereocenters. The molecule has 1 aromatic rings. The van der Waals surface area contributed by atoms with Crippen LogP contribution in [0.4, 0.5) is 10.5 Å². The average molecular weight is 312 g/mol. The highest BCUT2D eigenvalue weighted by Gasteiger charge is 2.46. The molecule has 6 nitrogen and oxygen atoms in total. The van der Waals surface area contributed by atoms with Gasteiger partial charge >= 0.3 is 6.09 Å². The van der Waals surface area contributed by atoms with Gasteiger partial charge in [0.2, 0.25) is 0 Å². The van der Waals surface area contributed by atoms with Gasteiger partial charge in [-0.2, -0.15) is 5.26 Å². The van der Waals surface area contributed by atoms with E-state index in [4.69, 9.17) is 10.5 Å². The Morgan fingerprint density at radius 2 is 2.35 bits per heavy atom. The van der Waals surface area contributed by atoms with Gasteiger partial charge in [-0.25, -0.2) is 4.79 Å². The van der Waals surface area contributed by atoms with Gasteiger partial charge < -0.3 is 15.8 Å². The van der Waals surface area contributed by atoms with Crippen LogP contribution in [0.15, 0.2) is 30.6 Å². The summed E-state index contributed by atoms with van der Waals surface area (Å²) in [5.74, 6) is 0. The van der Waals surface area contributed by atoms with E-state index in [0.29, 0.717) is 13.1 Å². The minimum Gasteiger partial charge on any atom is -0.442 e. The minimum absolute atomic E-state index is 0.215. The molecule has 23 heavy (non-hydrogen) atoms. The summed E-state index contributed by atoms with van der Waals surface area (Å²) in [5, 5.41) is 12.3. The Morgan fingerprint density at radius 1 is 1.57 bits per heavy atom. The third-order valence-corrected chi connectivity index (χ3v) is 4.43. The summed E-state index contributed by atoms with van der Waals surface area (Å²) in [6.07, 6.45) is 4.29. The number of hydrogen-bond acceptors (Lipinski definition) is 5. The Hall–Kier alpha value is -2.68. The van der Waals surface area contributed by atoms with Gasteiger partial charge in [0.05, 0.1) is 24.6 Å². The van der Waals surface area contributed by atoms with Crippen molar-refractivity contribution in [1.82, 2.24) is 5.32 Å². The summed E-state index contributed by atoms with van der Waals surface area (Å²) in [6.45, 7) is 3.00. The maximum atomic E-state index is 12.1. The highest BCUT2D eigenvalue weighted by molar-refractivity contribution is 5.90. The summed E-state index contributed by atoms with van der Waals surface area (Å²) < 4.78 is 5.34. The first kappa shape index (κ1) is 15.2. The average Bonchev–Trinajstić information content (AvgIpc) is 3.25. The monoisotopic (exact) mass is 312 g/mol. The van der Waals surface area contributed by atoms with Crippen molar-refractivity contribution in [1.29, 1.82) is 5.26 Å². The van der Waals surface area contributed by atoms with Crippen LogP contribution in [-0.4, -0.2) is 25.3 Å². The van der Waals surface area contributed by atoms with Crippen molar-refractivity contribution in [2.45, 2.75) is 31.3 Å². The number of nitriles is 1. The van der Waals surface area contributed by atoms with Gasteiger partial charge in [0, 0.05) is 18.1 Å². The molecule has 1 aliphatic heterocycles. The second-order valence-corrected chi connectivity index (χ2v) is 6.08. The van der Waals surface area contributed by atoms with Crippen LogP contribution in [0.2, 0.25) is 0 Å². The number of rotatable bonds is 5. The van der Waals surface area contributed by atoms with E-state index in [0.717, 1.165) is 29.7 Å². The maximum Gasteiger partial charge on any atom is 0.414 e. The van der Waals surface area contributed by atoms with Crippen LogP contribution >= 0.6 is 0 Å². The van der Waals surface area contributed by atoms with E-state index in [2.05, 4.69) is 11.4 Å². The third kappa shape index (κ3) is 2.82. The van der Waals surface area contributed by atoms with E-state index < -0.39 is 0 Å². The maximum absolute atomic E-state index is 12.1. The fourth-order valence-electron chi connectivity index (χ4n) is 3.03. The number of ether oxygens (including phenoxy) is 1. The van der Waals surface area contributed by atoms with Gasteiger partial charge in [-0.05, 0) is 43.0 Å². The summed E-state index contributed by atoms with van der Waals surface area (Å²) in [6, 6.07) is 8.24. The Bertz CT molecular complexity index is 688. The molecule has 3 N–H and O–H groups in total. The molecule has 0 aromatic heterocycles. The molecule has 3 rings (SSSR count). The standard InChI is InChI=1S/C17H20N4O2/c1-12-8-13(2-3-15(12)17(11-19)4-5-17)21-10-14(23-16(21)22)9-20-7-6-18/h2-3,6-8,14,20H,4-5,9-10,18H2,1H3/b7-6-. The molecule has 0 radical (unpaired) electrons. The lowest BCUT2D eigenvalue weighted by atomic mass is 9.93. The molecular weight excluding hydrogens is 292 g/mol. The molecule has 1 heterocycles. The highest BCUT2D eigenvalue weighted by atomic mass is 16.6. The van der Waals surface area contributed by atoms with Crippen LogP contribution in [0.1, 0.15) is 24.0 Å². The molecule has 6 heteroatoms. The second-order valence-electron chi connectivity index (χ2n) is 6.08. The molecule has 2 fully saturated rings. The van der Waals surface area contributed by atoms with E-state index in [9.17, 15) is 10.1 Å². The van der Waals surface area contributed by atoms with Crippen molar-refractivity contribution >= 4 is 11.8 Å². The van der Waals surface area contributed by atoms with Crippen molar-refractivity contribution in [2.24, 2.45) is 5.73 Å². The third-order valence-electron chi connectivity index (χ3n) is 4.43. The quantitative estimate of drug-likeness (QED) is 0.866. The van der Waals surface area contributed by atoms with Crippen molar-refractivity contribution < 1.29 is 9.53 Å². The molecule has 1 saturated heterocycles. The smallest absolute Gasteiger partial charge is 0.414 e. The van der Waals surface area contributed by atoms with Crippen LogP contribution in [0, 0.1) is 18.3 Å². The number of hydrogen-bond donors (Lipinski definition) is 2. The minimum atomic E-state index is -0.345. The van der Waals surface area contributed by atoms with Gasteiger partial charge in [0.25, 0.3) is 0 Å². The Kier molecular flexibility index (Phi) is 3.87. The van der Waals surface area contributed by atoms with Crippen molar-refractivity contribution in [3.63, 3.8) is 0 Å². The summed E-state index contributed by atoms with van der Waals surface area (Å²) in [5.41, 5.74) is 7.87. The topological polar surface area (TPSA) is 91.4 Å². The number of amides is 1. The Morgan fingerprint density at radius 3 is 2.96 bits per heavy atom. The molecule has 1 unspecified atom stereocenters. The normalized spacial score (nSPS) is 22.0. The zero-order valence-corrected chi connectivity index (χ0v) is 13.1.